The summed E-state index contributed by atoms with van der Waals surface area (Å²) >= 11 is 1.72. The zero-order valence-corrected chi connectivity index (χ0v) is 16.8. The van der Waals surface area contributed by atoms with Crippen molar-refractivity contribution in [3.63, 3.8) is 0 Å². The maximum Gasteiger partial charge on any atom is 0.194 e. The molecule has 2 aliphatic rings. The van der Waals surface area contributed by atoms with Gasteiger partial charge in [-0.05, 0) is 19.8 Å². The van der Waals surface area contributed by atoms with E-state index in [4.69, 9.17) is 9.47 Å². The monoisotopic (exact) mass is 452 g/mol. The number of aromatic nitrogens is 1. The number of guanidine groups is 1. The van der Waals surface area contributed by atoms with Gasteiger partial charge in [0, 0.05) is 37.8 Å². The minimum Gasteiger partial charge on any atom is -0.375 e. The van der Waals surface area contributed by atoms with Gasteiger partial charge in [0.2, 0.25) is 0 Å². The van der Waals surface area contributed by atoms with Crippen molar-refractivity contribution in [1.82, 2.24) is 15.2 Å². The van der Waals surface area contributed by atoms with Crippen LogP contribution in [-0.2, 0) is 16.0 Å². The fourth-order valence-electron chi connectivity index (χ4n) is 2.96. The number of hydrogen-bond acceptors (Lipinski definition) is 5. The summed E-state index contributed by atoms with van der Waals surface area (Å²) in [4.78, 5) is 12.3. The van der Waals surface area contributed by atoms with Gasteiger partial charge >= 0.3 is 0 Å². The summed E-state index contributed by atoms with van der Waals surface area (Å²) in [6, 6.07) is 0. The molecule has 2 aliphatic heterocycles. The van der Waals surface area contributed by atoms with Gasteiger partial charge in [-0.3, -0.25) is 4.99 Å². The van der Waals surface area contributed by atoms with Crippen LogP contribution in [0.2, 0.25) is 0 Å². The molecule has 2 atom stereocenters. The third-order valence-electron chi connectivity index (χ3n) is 4.05. The van der Waals surface area contributed by atoms with Gasteiger partial charge in [-0.25, -0.2) is 4.98 Å². The maximum atomic E-state index is 5.89. The molecular formula is C15H25IN4O2S. The fraction of sp³-hybridized carbons (Fsp3) is 0.733. The molecule has 0 aliphatic carbocycles. The molecule has 2 saturated heterocycles. The molecule has 0 radical (unpaired) electrons. The molecule has 6 nitrogen and oxygen atoms in total. The van der Waals surface area contributed by atoms with Crippen molar-refractivity contribution in [2.75, 3.05) is 33.4 Å². The van der Waals surface area contributed by atoms with Crippen LogP contribution in [0.5, 0.6) is 0 Å². The topological polar surface area (TPSA) is 59.0 Å². The van der Waals surface area contributed by atoms with E-state index in [0.717, 1.165) is 50.1 Å². The minimum atomic E-state index is 0. The molecule has 8 heteroatoms. The lowest BCUT2D eigenvalue weighted by molar-refractivity contribution is -0.0817. The second-order valence-electron chi connectivity index (χ2n) is 5.67. The number of halogens is 1. The molecule has 2 fully saturated rings. The van der Waals surface area contributed by atoms with Crippen molar-refractivity contribution in [3.8, 4) is 0 Å². The maximum absolute atomic E-state index is 5.89. The average molecular weight is 452 g/mol. The van der Waals surface area contributed by atoms with Crippen molar-refractivity contribution >= 4 is 41.3 Å². The van der Waals surface area contributed by atoms with E-state index >= 15 is 0 Å². The summed E-state index contributed by atoms with van der Waals surface area (Å²) in [6.45, 7) is 6.07. The summed E-state index contributed by atoms with van der Waals surface area (Å²) in [7, 11) is 1.83. The van der Waals surface area contributed by atoms with E-state index in [1.807, 2.05) is 13.2 Å². The van der Waals surface area contributed by atoms with Gasteiger partial charge in [0.25, 0.3) is 0 Å². The Labute approximate surface area is 158 Å². The van der Waals surface area contributed by atoms with E-state index in [9.17, 15) is 0 Å². The van der Waals surface area contributed by atoms with Crippen molar-refractivity contribution in [1.29, 1.82) is 0 Å². The van der Waals surface area contributed by atoms with Crippen LogP contribution in [0, 0.1) is 6.92 Å². The Morgan fingerprint density at radius 1 is 1.43 bits per heavy atom. The van der Waals surface area contributed by atoms with Crippen LogP contribution in [0.1, 0.15) is 22.7 Å². The highest BCUT2D eigenvalue weighted by molar-refractivity contribution is 14.0. The highest BCUT2D eigenvalue weighted by Crippen LogP contribution is 2.21. The van der Waals surface area contributed by atoms with Crippen molar-refractivity contribution < 1.29 is 9.47 Å². The number of ether oxygens (including phenoxy) is 2. The molecule has 1 N–H and O–H groups in total. The van der Waals surface area contributed by atoms with Gasteiger partial charge in [-0.15, -0.1) is 35.3 Å². The Hall–Kier alpha value is -0.450. The Balaban J connectivity index is 0.00000192. The molecule has 1 aromatic heterocycles. The normalized spacial score (nSPS) is 25.3. The van der Waals surface area contributed by atoms with E-state index in [1.165, 1.54) is 4.88 Å². The van der Waals surface area contributed by atoms with Gasteiger partial charge in [0.1, 0.15) is 11.1 Å². The number of thiazole rings is 1. The lowest BCUT2D eigenvalue weighted by Gasteiger charge is -2.37. The lowest BCUT2D eigenvalue weighted by Crippen LogP contribution is -2.53. The highest BCUT2D eigenvalue weighted by Gasteiger charge is 2.32. The van der Waals surface area contributed by atoms with Crippen LogP contribution in [0.25, 0.3) is 0 Å². The van der Waals surface area contributed by atoms with E-state index in [2.05, 4.69) is 27.1 Å². The molecule has 1 aromatic rings. The zero-order valence-electron chi connectivity index (χ0n) is 13.7. The van der Waals surface area contributed by atoms with Crippen LogP contribution in [-0.4, -0.2) is 61.4 Å². The third-order valence-corrected chi connectivity index (χ3v) is 4.96. The summed E-state index contributed by atoms with van der Waals surface area (Å²) in [5.74, 6) is 0.916. The van der Waals surface area contributed by atoms with Crippen molar-refractivity contribution in [3.05, 3.63) is 16.1 Å². The molecule has 0 spiro atoms. The Morgan fingerprint density at radius 2 is 2.26 bits per heavy atom. The Kier molecular flexibility index (Phi) is 7.51. The lowest BCUT2D eigenvalue weighted by atomic mass is 10.1. The first-order chi connectivity index (χ1) is 10.8. The molecule has 0 saturated carbocycles. The second kappa shape index (κ2) is 9.14. The molecule has 130 valence electrons. The van der Waals surface area contributed by atoms with Crippen LogP contribution < -0.4 is 5.32 Å². The number of aryl methyl sites for hydroxylation is 1. The molecule has 3 heterocycles. The summed E-state index contributed by atoms with van der Waals surface area (Å²) in [6.07, 6.45) is 4.54. The van der Waals surface area contributed by atoms with Crippen LogP contribution in [0.15, 0.2) is 11.2 Å². The smallest absolute Gasteiger partial charge is 0.194 e. The predicted octanol–water partition coefficient (Wildman–Crippen LogP) is 2.02. The van der Waals surface area contributed by atoms with Crippen molar-refractivity contribution in [2.24, 2.45) is 4.99 Å². The largest absolute Gasteiger partial charge is 0.375 e. The first-order valence-electron chi connectivity index (χ1n) is 7.86. The minimum absolute atomic E-state index is 0. The average Bonchev–Trinajstić information content (AvgIpc) is 3.20. The molecule has 23 heavy (non-hydrogen) atoms. The van der Waals surface area contributed by atoms with Crippen LogP contribution in [0.3, 0.4) is 0 Å². The molecule has 2 unspecified atom stereocenters. The zero-order chi connectivity index (χ0) is 15.4. The second-order valence-corrected chi connectivity index (χ2v) is 6.99. The van der Waals surface area contributed by atoms with Crippen LogP contribution >= 0.6 is 35.3 Å². The quantitative estimate of drug-likeness (QED) is 0.432. The molecule has 3 rings (SSSR count). The predicted molar refractivity (Wildman–Crippen MR) is 103 cm³/mol. The Morgan fingerprint density at radius 3 is 2.91 bits per heavy atom. The molecule has 0 amide bonds. The van der Waals surface area contributed by atoms with Gasteiger partial charge in [-0.2, -0.15) is 0 Å². The number of hydrogen-bond donors (Lipinski definition) is 1. The summed E-state index contributed by atoms with van der Waals surface area (Å²) in [5, 5.41) is 4.49. The molecular weight excluding hydrogens is 427 g/mol. The summed E-state index contributed by atoms with van der Waals surface area (Å²) < 4.78 is 11.7. The SMILES string of the molecule is CN=C(NCc1ncc(C)s1)N1CCOC(C2CCCO2)C1.I. The first-order valence-corrected chi connectivity index (χ1v) is 8.68. The van der Waals surface area contributed by atoms with Gasteiger partial charge < -0.3 is 19.7 Å². The number of nitrogens with zero attached hydrogens (tertiary/aromatic N) is 3. The Bertz CT molecular complexity index is 519. The number of rotatable bonds is 3. The van der Waals surface area contributed by atoms with Crippen molar-refractivity contribution in [2.45, 2.75) is 38.5 Å². The number of morpholine rings is 1. The fourth-order valence-corrected chi connectivity index (χ4v) is 3.69. The molecule has 0 bridgehead atoms. The van der Waals surface area contributed by atoms with E-state index in [0.29, 0.717) is 6.54 Å². The van der Waals surface area contributed by atoms with E-state index in [1.54, 1.807) is 11.3 Å². The third kappa shape index (κ3) is 5.01. The van der Waals surface area contributed by atoms with Crippen LogP contribution in [0.4, 0.5) is 0 Å². The van der Waals surface area contributed by atoms with Gasteiger partial charge in [0.15, 0.2) is 5.96 Å². The number of nitrogens with one attached hydrogen (secondary N) is 1. The standard InChI is InChI=1S/C15H24N4O2S.HI/c1-11-8-17-14(22-11)9-18-15(16-2)19-5-7-21-13(10-19)12-4-3-6-20-12;/h8,12-13H,3-7,9-10H2,1-2H3,(H,16,18);1H. The molecule has 0 aromatic carbocycles. The summed E-state index contributed by atoms with van der Waals surface area (Å²) in [5.41, 5.74) is 0. The number of aliphatic imine (C=N–C) groups is 1. The van der Waals surface area contributed by atoms with E-state index < -0.39 is 0 Å². The highest BCUT2D eigenvalue weighted by atomic mass is 127. The van der Waals surface area contributed by atoms with E-state index in [-0.39, 0.29) is 36.2 Å². The van der Waals surface area contributed by atoms with Gasteiger partial charge in [0.05, 0.1) is 19.3 Å². The first kappa shape index (κ1) is 18.9. The van der Waals surface area contributed by atoms with Gasteiger partial charge in [-0.1, -0.05) is 0 Å².